The molecule has 0 bridgehead atoms. The molecule has 2 heteroatoms. The van der Waals surface area contributed by atoms with Gasteiger partial charge in [0.05, 0.1) is 6.61 Å². The molecule has 1 unspecified atom stereocenters. The van der Waals surface area contributed by atoms with Crippen LogP contribution in [-0.2, 0) is 9.53 Å². The molecule has 0 aliphatic rings. The molecule has 0 aliphatic carbocycles. The number of ether oxygens (including phenoxy) is 1. The van der Waals surface area contributed by atoms with E-state index in [1.165, 1.54) is 128 Å². The molecule has 0 rings (SSSR count). The van der Waals surface area contributed by atoms with Gasteiger partial charge in [-0.25, -0.2) is 0 Å². The molecule has 0 N–H and O–H groups in total. The molecule has 0 fully saturated rings. The lowest BCUT2D eigenvalue weighted by atomic mass is 9.80. The van der Waals surface area contributed by atoms with Crippen LogP contribution in [-0.4, -0.2) is 12.6 Å². The zero-order valence-electron chi connectivity index (χ0n) is 23.5. The fourth-order valence-electron chi connectivity index (χ4n) is 4.84. The highest BCUT2D eigenvalue weighted by atomic mass is 16.5. The van der Waals surface area contributed by atoms with Crippen LogP contribution < -0.4 is 0 Å². The van der Waals surface area contributed by atoms with E-state index < -0.39 is 0 Å². The van der Waals surface area contributed by atoms with Crippen LogP contribution in [0.25, 0.3) is 0 Å². The van der Waals surface area contributed by atoms with Crippen molar-refractivity contribution in [2.75, 3.05) is 6.61 Å². The monoisotopic (exact) mass is 466 g/mol. The van der Waals surface area contributed by atoms with Gasteiger partial charge in [-0.15, -0.1) is 0 Å². The van der Waals surface area contributed by atoms with E-state index in [1.807, 2.05) is 0 Å². The molecule has 0 saturated carbocycles. The standard InChI is InChI=1S/C31H62O2/c1-5-8-11-13-15-17-18-20-22-25-28-31(4,29-33-30(32)26-23-10-7-3)27-24-21-19-16-14-12-9-6-2/h5-29H2,1-4H3. The first-order chi connectivity index (χ1) is 16.1. The first-order valence-electron chi connectivity index (χ1n) is 15.2. The van der Waals surface area contributed by atoms with Gasteiger partial charge in [0.2, 0.25) is 0 Å². The number of carbonyl (C=O) groups is 1. The van der Waals surface area contributed by atoms with Crippen LogP contribution in [0, 0.1) is 5.41 Å². The van der Waals surface area contributed by atoms with Crippen LogP contribution >= 0.6 is 0 Å². The van der Waals surface area contributed by atoms with Crippen molar-refractivity contribution in [3.63, 3.8) is 0 Å². The second-order valence-electron chi connectivity index (χ2n) is 11.1. The van der Waals surface area contributed by atoms with Crippen LogP contribution in [0.2, 0.25) is 0 Å². The Morgan fingerprint density at radius 2 is 0.848 bits per heavy atom. The van der Waals surface area contributed by atoms with E-state index in [9.17, 15) is 4.79 Å². The van der Waals surface area contributed by atoms with E-state index >= 15 is 0 Å². The molecule has 0 aromatic rings. The second-order valence-corrected chi connectivity index (χ2v) is 11.1. The molecule has 0 heterocycles. The minimum Gasteiger partial charge on any atom is -0.465 e. The summed E-state index contributed by atoms with van der Waals surface area (Å²) in [7, 11) is 0. The van der Waals surface area contributed by atoms with Crippen molar-refractivity contribution in [1.29, 1.82) is 0 Å². The van der Waals surface area contributed by atoms with Crippen LogP contribution in [0.15, 0.2) is 0 Å². The molecule has 0 radical (unpaired) electrons. The first kappa shape index (κ1) is 32.5. The lowest BCUT2D eigenvalue weighted by molar-refractivity contribution is -0.147. The molecule has 1 atom stereocenters. The van der Waals surface area contributed by atoms with Crippen molar-refractivity contribution in [3.05, 3.63) is 0 Å². The highest BCUT2D eigenvalue weighted by Crippen LogP contribution is 2.32. The lowest BCUT2D eigenvalue weighted by Crippen LogP contribution is -2.25. The Morgan fingerprint density at radius 1 is 0.515 bits per heavy atom. The number of unbranched alkanes of at least 4 members (excludes halogenated alkanes) is 18. The maximum atomic E-state index is 12.2. The van der Waals surface area contributed by atoms with Crippen molar-refractivity contribution in [3.8, 4) is 0 Å². The van der Waals surface area contributed by atoms with Crippen molar-refractivity contribution in [1.82, 2.24) is 0 Å². The zero-order valence-corrected chi connectivity index (χ0v) is 23.5. The Bertz CT molecular complexity index is 406. The van der Waals surface area contributed by atoms with E-state index in [0.29, 0.717) is 13.0 Å². The SMILES string of the molecule is CCCCCCCCCCCCC(C)(CCCCCCCCCC)COC(=O)CCCCC. The molecule has 0 saturated heterocycles. The van der Waals surface area contributed by atoms with Gasteiger partial charge in [-0.1, -0.05) is 156 Å². The molecule has 33 heavy (non-hydrogen) atoms. The smallest absolute Gasteiger partial charge is 0.305 e. The minimum atomic E-state index is 0.0219. The average molecular weight is 467 g/mol. The largest absolute Gasteiger partial charge is 0.465 e. The lowest BCUT2D eigenvalue weighted by Gasteiger charge is -2.29. The van der Waals surface area contributed by atoms with Gasteiger partial charge in [0.15, 0.2) is 0 Å². The second kappa shape index (κ2) is 24.6. The van der Waals surface area contributed by atoms with Gasteiger partial charge in [-0.05, 0) is 19.3 Å². The van der Waals surface area contributed by atoms with Gasteiger partial charge in [0.1, 0.15) is 0 Å². The van der Waals surface area contributed by atoms with E-state index in [1.54, 1.807) is 0 Å². The van der Waals surface area contributed by atoms with Crippen LogP contribution in [0.4, 0.5) is 0 Å². The summed E-state index contributed by atoms with van der Waals surface area (Å²) < 4.78 is 5.78. The number of rotatable bonds is 26. The quantitative estimate of drug-likeness (QED) is 0.0935. The predicted molar refractivity (Wildman–Crippen MR) is 147 cm³/mol. The van der Waals surface area contributed by atoms with Gasteiger partial charge in [0, 0.05) is 11.8 Å². The van der Waals surface area contributed by atoms with Crippen molar-refractivity contribution in [2.24, 2.45) is 5.41 Å². The molecular weight excluding hydrogens is 404 g/mol. The number of esters is 1. The Kier molecular flexibility index (Phi) is 24.2. The summed E-state index contributed by atoms with van der Waals surface area (Å²) in [6.45, 7) is 9.76. The van der Waals surface area contributed by atoms with E-state index in [-0.39, 0.29) is 11.4 Å². The minimum absolute atomic E-state index is 0.0219. The molecule has 0 aliphatic heterocycles. The van der Waals surface area contributed by atoms with Crippen LogP contribution in [0.3, 0.4) is 0 Å². The van der Waals surface area contributed by atoms with Crippen molar-refractivity contribution in [2.45, 2.75) is 182 Å². The molecule has 198 valence electrons. The highest BCUT2D eigenvalue weighted by Gasteiger charge is 2.25. The molecule has 2 nitrogen and oxygen atoms in total. The summed E-state index contributed by atoms with van der Waals surface area (Å²) in [5.74, 6) is 0.0219. The molecule has 0 aromatic carbocycles. The molecule has 0 amide bonds. The van der Waals surface area contributed by atoms with Crippen molar-refractivity contribution >= 4 is 5.97 Å². The predicted octanol–water partition coefficient (Wildman–Crippen LogP) is 11.0. The number of hydrogen-bond donors (Lipinski definition) is 0. The third-order valence-corrected chi connectivity index (χ3v) is 7.33. The van der Waals surface area contributed by atoms with E-state index in [0.717, 1.165) is 19.3 Å². The molecular formula is C31H62O2. The van der Waals surface area contributed by atoms with Gasteiger partial charge < -0.3 is 4.74 Å². The third kappa shape index (κ3) is 23.0. The molecule has 0 aromatic heterocycles. The normalized spacial score (nSPS) is 13.2. The van der Waals surface area contributed by atoms with Crippen LogP contribution in [0.1, 0.15) is 182 Å². The summed E-state index contributed by atoms with van der Waals surface area (Å²) in [6.07, 6.45) is 31.0. The Balaban J connectivity index is 4.15. The Morgan fingerprint density at radius 3 is 1.24 bits per heavy atom. The van der Waals surface area contributed by atoms with Crippen LogP contribution in [0.5, 0.6) is 0 Å². The summed E-state index contributed by atoms with van der Waals surface area (Å²) in [6, 6.07) is 0. The topological polar surface area (TPSA) is 26.3 Å². The number of hydrogen-bond acceptors (Lipinski definition) is 2. The van der Waals surface area contributed by atoms with E-state index in [4.69, 9.17) is 4.74 Å². The summed E-state index contributed by atoms with van der Waals surface area (Å²) in [4.78, 5) is 12.2. The zero-order chi connectivity index (χ0) is 24.5. The first-order valence-corrected chi connectivity index (χ1v) is 15.2. The Hall–Kier alpha value is -0.530. The number of carbonyl (C=O) groups excluding carboxylic acids is 1. The maximum Gasteiger partial charge on any atom is 0.305 e. The summed E-state index contributed by atoms with van der Waals surface area (Å²) in [5.41, 5.74) is 0.169. The maximum absolute atomic E-state index is 12.2. The van der Waals surface area contributed by atoms with Gasteiger partial charge in [-0.2, -0.15) is 0 Å². The van der Waals surface area contributed by atoms with Gasteiger partial charge in [0.25, 0.3) is 0 Å². The summed E-state index contributed by atoms with van der Waals surface area (Å²) in [5, 5.41) is 0. The summed E-state index contributed by atoms with van der Waals surface area (Å²) >= 11 is 0. The Labute approximate surface area is 209 Å². The third-order valence-electron chi connectivity index (χ3n) is 7.33. The molecule has 0 spiro atoms. The average Bonchev–Trinajstić information content (AvgIpc) is 2.81. The van der Waals surface area contributed by atoms with Gasteiger partial charge >= 0.3 is 5.97 Å². The fraction of sp³-hybridized carbons (Fsp3) is 0.968. The fourth-order valence-corrected chi connectivity index (χ4v) is 4.84. The van der Waals surface area contributed by atoms with Crippen molar-refractivity contribution < 1.29 is 9.53 Å². The van der Waals surface area contributed by atoms with E-state index in [2.05, 4.69) is 27.7 Å². The highest BCUT2D eigenvalue weighted by molar-refractivity contribution is 5.69. The van der Waals surface area contributed by atoms with Gasteiger partial charge in [-0.3, -0.25) is 4.79 Å².